The number of piperidine rings is 1. The van der Waals surface area contributed by atoms with E-state index in [0.29, 0.717) is 5.92 Å². The molecule has 1 aromatic rings. The summed E-state index contributed by atoms with van der Waals surface area (Å²) in [6.45, 7) is 6.09. The van der Waals surface area contributed by atoms with Crippen LogP contribution in [-0.4, -0.2) is 35.2 Å². The van der Waals surface area contributed by atoms with Crippen molar-refractivity contribution in [2.75, 3.05) is 13.1 Å². The van der Waals surface area contributed by atoms with Gasteiger partial charge in [0.15, 0.2) is 0 Å². The van der Waals surface area contributed by atoms with Crippen LogP contribution in [0.25, 0.3) is 0 Å². The Morgan fingerprint density at radius 2 is 1.86 bits per heavy atom. The molecule has 0 aromatic heterocycles. The molecule has 118 valence electrons. The number of rotatable bonds is 5. The molecule has 3 N–H and O–H groups in total. The van der Waals surface area contributed by atoms with Gasteiger partial charge < -0.3 is 10.8 Å². The second-order valence-corrected chi connectivity index (χ2v) is 7.10. The smallest absolute Gasteiger partial charge is 0.0541 e. The van der Waals surface area contributed by atoms with Crippen molar-refractivity contribution in [1.82, 2.24) is 4.90 Å². The van der Waals surface area contributed by atoms with Gasteiger partial charge in [-0.05, 0) is 62.9 Å². The van der Waals surface area contributed by atoms with Gasteiger partial charge in [0.05, 0.1) is 6.10 Å². The Labute approximate surface area is 136 Å². The SMILES string of the molecule is CCC(N)C(c1ccc(Br)cc1)N1CCC(C(C)O)CC1. The molecule has 0 bridgehead atoms. The Bertz CT molecular complexity index is 427. The number of nitrogens with zero attached hydrogens (tertiary/aromatic N) is 1. The number of nitrogens with two attached hydrogens (primary N) is 1. The van der Waals surface area contributed by atoms with Crippen molar-refractivity contribution >= 4 is 15.9 Å². The van der Waals surface area contributed by atoms with Crippen LogP contribution < -0.4 is 5.73 Å². The molecule has 4 heteroatoms. The van der Waals surface area contributed by atoms with Gasteiger partial charge in [-0.15, -0.1) is 0 Å². The maximum atomic E-state index is 9.76. The summed E-state index contributed by atoms with van der Waals surface area (Å²) >= 11 is 3.50. The Kier molecular flexibility index (Phi) is 6.23. The summed E-state index contributed by atoms with van der Waals surface area (Å²) in [6.07, 6.45) is 2.89. The second-order valence-electron chi connectivity index (χ2n) is 6.18. The van der Waals surface area contributed by atoms with Crippen LogP contribution >= 0.6 is 15.9 Å². The molecule has 0 aliphatic carbocycles. The molecule has 0 radical (unpaired) electrons. The normalized spacial score (nSPS) is 22.0. The first-order chi connectivity index (χ1) is 10.0. The van der Waals surface area contributed by atoms with E-state index in [4.69, 9.17) is 5.73 Å². The van der Waals surface area contributed by atoms with Crippen LogP contribution in [0.3, 0.4) is 0 Å². The van der Waals surface area contributed by atoms with E-state index in [-0.39, 0.29) is 18.2 Å². The predicted octanol–water partition coefficient (Wildman–Crippen LogP) is 3.32. The first-order valence-electron chi connectivity index (χ1n) is 7.96. The highest BCUT2D eigenvalue weighted by Crippen LogP contribution is 2.31. The minimum absolute atomic E-state index is 0.147. The third-order valence-corrected chi connectivity index (χ3v) is 5.27. The molecule has 0 amide bonds. The van der Waals surface area contributed by atoms with Gasteiger partial charge in [-0.3, -0.25) is 4.90 Å². The van der Waals surface area contributed by atoms with Gasteiger partial charge in [0.2, 0.25) is 0 Å². The summed E-state index contributed by atoms with van der Waals surface area (Å²) in [5.41, 5.74) is 7.70. The van der Waals surface area contributed by atoms with E-state index in [1.807, 2.05) is 6.92 Å². The van der Waals surface area contributed by atoms with Crippen LogP contribution in [0, 0.1) is 5.92 Å². The number of likely N-dealkylation sites (tertiary alicyclic amines) is 1. The molecule has 1 aliphatic rings. The zero-order valence-electron chi connectivity index (χ0n) is 13.0. The third-order valence-electron chi connectivity index (χ3n) is 4.74. The predicted molar refractivity (Wildman–Crippen MR) is 91.1 cm³/mol. The maximum absolute atomic E-state index is 9.76. The molecule has 3 atom stereocenters. The van der Waals surface area contributed by atoms with Crippen molar-refractivity contribution in [2.45, 2.75) is 51.3 Å². The Hall–Kier alpha value is -0.420. The average Bonchev–Trinajstić information content (AvgIpc) is 2.49. The average molecular weight is 355 g/mol. The van der Waals surface area contributed by atoms with E-state index in [1.54, 1.807) is 0 Å². The van der Waals surface area contributed by atoms with Crippen molar-refractivity contribution in [3.8, 4) is 0 Å². The summed E-state index contributed by atoms with van der Waals surface area (Å²) in [4.78, 5) is 2.50. The molecule has 3 nitrogen and oxygen atoms in total. The monoisotopic (exact) mass is 354 g/mol. The first kappa shape index (κ1) is 16.9. The highest BCUT2D eigenvalue weighted by atomic mass is 79.9. The Balaban J connectivity index is 2.12. The number of hydrogen-bond donors (Lipinski definition) is 2. The van der Waals surface area contributed by atoms with E-state index in [0.717, 1.165) is 36.8 Å². The number of aliphatic hydroxyl groups excluding tert-OH is 1. The molecule has 1 heterocycles. The summed E-state index contributed by atoms with van der Waals surface area (Å²) in [7, 11) is 0. The lowest BCUT2D eigenvalue weighted by atomic mass is 9.88. The number of hydrogen-bond acceptors (Lipinski definition) is 3. The topological polar surface area (TPSA) is 49.5 Å². The van der Waals surface area contributed by atoms with E-state index in [2.05, 4.69) is 52.0 Å². The van der Waals surface area contributed by atoms with Crippen LogP contribution in [0.15, 0.2) is 28.7 Å². The zero-order valence-corrected chi connectivity index (χ0v) is 14.6. The summed E-state index contributed by atoms with van der Waals surface area (Å²) in [6, 6.07) is 8.95. The summed E-state index contributed by atoms with van der Waals surface area (Å²) in [5, 5.41) is 9.76. The van der Waals surface area contributed by atoms with E-state index < -0.39 is 0 Å². The lowest BCUT2D eigenvalue weighted by Crippen LogP contribution is -2.45. The van der Waals surface area contributed by atoms with Crippen LogP contribution in [0.2, 0.25) is 0 Å². The van der Waals surface area contributed by atoms with E-state index in [1.165, 1.54) is 5.56 Å². The number of halogens is 1. The lowest BCUT2D eigenvalue weighted by molar-refractivity contribution is 0.0495. The van der Waals surface area contributed by atoms with E-state index >= 15 is 0 Å². The molecule has 1 fully saturated rings. The molecular formula is C17H27BrN2O. The molecule has 1 aromatic carbocycles. The van der Waals surface area contributed by atoms with Gasteiger partial charge in [-0.25, -0.2) is 0 Å². The fourth-order valence-corrected chi connectivity index (χ4v) is 3.56. The highest BCUT2D eigenvalue weighted by molar-refractivity contribution is 9.10. The van der Waals surface area contributed by atoms with Gasteiger partial charge in [0.1, 0.15) is 0 Å². The summed E-state index contributed by atoms with van der Waals surface area (Å²) in [5.74, 6) is 0.435. The molecule has 1 saturated heterocycles. The standard InChI is InChI=1S/C17H27BrN2O/c1-3-16(19)17(14-4-6-15(18)7-5-14)20-10-8-13(9-11-20)12(2)21/h4-7,12-13,16-17,21H,3,8-11,19H2,1-2H3. The van der Waals surface area contributed by atoms with E-state index in [9.17, 15) is 5.11 Å². The number of aliphatic hydroxyl groups is 1. The Morgan fingerprint density at radius 3 is 2.33 bits per heavy atom. The van der Waals surface area contributed by atoms with Crippen LogP contribution in [0.1, 0.15) is 44.7 Å². The van der Waals surface area contributed by atoms with Crippen molar-refractivity contribution in [1.29, 1.82) is 0 Å². The molecule has 2 rings (SSSR count). The molecule has 1 aliphatic heterocycles. The molecule has 3 unspecified atom stereocenters. The number of benzene rings is 1. The first-order valence-corrected chi connectivity index (χ1v) is 8.75. The minimum Gasteiger partial charge on any atom is -0.393 e. The van der Waals surface area contributed by atoms with Crippen LogP contribution in [-0.2, 0) is 0 Å². The van der Waals surface area contributed by atoms with Gasteiger partial charge >= 0.3 is 0 Å². The molecule has 0 spiro atoms. The van der Waals surface area contributed by atoms with Crippen molar-refractivity contribution in [3.63, 3.8) is 0 Å². The van der Waals surface area contributed by atoms with Crippen LogP contribution in [0.4, 0.5) is 0 Å². The quantitative estimate of drug-likeness (QED) is 0.852. The van der Waals surface area contributed by atoms with Gasteiger partial charge in [-0.1, -0.05) is 35.0 Å². The third kappa shape index (κ3) is 4.28. The zero-order chi connectivity index (χ0) is 15.4. The fourth-order valence-electron chi connectivity index (χ4n) is 3.29. The largest absolute Gasteiger partial charge is 0.393 e. The maximum Gasteiger partial charge on any atom is 0.0541 e. The van der Waals surface area contributed by atoms with Gasteiger partial charge in [0, 0.05) is 16.6 Å². The molecule has 0 saturated carbocycles. The van der Waals surface area contributed by atoms with Gasteiger partial charge in [-0.2, -0.15) is 0 Å². The summed E-state index contributed by atoms with van der Waals surface area (Å²) < 4.78 is 1.10. The molecular weight excluding hydrogens is 328 g/mol. The lowest BCUT2D eigenvalue weighted by Gasteiger charge is -2.41. The molecule has 21 heavy (non-hydrogen) atoms. The highest BCUT2D eigenvalue weighted by Gasteiger charge is 2.30. The minimum atomic E-state index is -0.196. The second kappa shape index (κ2) is 7.73. The van der Waals surface area contributed by atoms with Crippen LogP contribution in [0.5, 0.6) is 0 Å². The van der Waals surface area contributed by atoms with Crippen molar-refractivity contribution in [2.24, 2.45) is 11.7 Å². The fraction of sp³-hybridized carbons (Fsp3) is 0.647. The van der Waals surface area contributed by atoms with Crippen molar-refractivity contribution in [3.05, 3.63) is 34.3 Å². The van der Waals surface area contributed by atoms with Gasteiger partial charge in [0.25, 0.3) is 0 Å². The Morgan fingerprint density at radius 1 is 1.29 bits per heavy atom. The van der Waals surface area contributed by atoms with Crippen molar-refractivity contribution < 1.29 is 5.11 Å².